The summed E-state index contributed by atoms with van der Waals surface area (Å²) < 4.78 is 12.5. The van der Waals surface area contributed by atoms with Crippen molar-refractivity contribution >= 4 is 15.9 Å². The molecule has 2 heterocycles. The quantitative estimate of drug-likeness (QED) is 0.732. The molecule has 0 bridgehead atoms. The number of alkyl halides is 1. The molecule has 1 spiro atoms. The fourth-order valence-corrected chi connectivity index (χ4v) is 4.67. The first-order valence-corrected chi connectivity index (χ1v) is 9.26. The summed E-state index contributed by atoms with van der Waals surface area (Å²) >= 11 is 3.57. The zero-order valence-corrected chi connectivity index (χ0v) is 14.5. The van der Waals surface area contributed by atoms with Crippen molar-refractivity contribution in [1.82, 2.24) is 4.90 Å². The van der Waals surface area contributed by atoms with Gasteiger partial charge in [0.15, 0.2) is 0 Å². The highest BCUT2D eigenvalue weighted by molar-refractivity contribution is 9.09. The van der Waals surface area contributed by atoms with Gasteiger partial charge in [0.2, 0.25) is 0 Å². The zero-order valence-electron chi connectivity index (χ0n) is 12.9. The molecular formula is C16H28BrNO2. The molecule has 3 nitrogen and oxygen atoms in total. The Morgan fingerprint density at radius 3 is 2.55 bits per heavy atom. The molecule has 0 aromatic carbocycles. The Bertz CT molecular complexity index is 341. The van der Waals surface area contributed by atoms with Gasteiger partial charge < -0.3 is 9.47 Å². The van der Waals surface area contributed by atoms with E-state index in [2.05, 4.69) is 34.7 Å². The number of nitrogens with zero attached hydrogens (tertiary/aromatic N) is 1. The lowest BCUT2D eigenvalue weighted by atomic mass is 9.98. The molecule has 0 radical (unpaired) electrons. The van der Waals surface area contributed by atoms with E-state index in [4.69, 9.17) is 9.47 Å². The van der Waals surface area contributed by atoms with Crippen LogP contribution in [0.1, 0.15) is 52.4 Å². The first-order valence-electron chi connectivity index (χ1n) is 8.14. The third kappa shape index (κ3) is 3.40. The van der Waals surface area contributed by atoms with Gasteiger partial charge in [-0.2, -0.15) is 0 Å². The third-order valence-electron chi connectivity index (χ3n) is 5.04. The zero-order chi connectivity index (χ0) is 14.2. The van der Waals surface area contributed by atoms with E-state index in [1.807, 2.05) is 0 Å². The fraction of sp³-hybridized carbons (Fsp3) is 1.00. The maximum Gasteiger partial charge on any atom is 0.0806 e. The predicted molar refractivity (Wildman–Crippen MR) is 84.5 cm³/mol. The summed E-state index contributed by atoms with van der Waals surface area (Å²) in [6.07, 6.45) is 8.60. The Morgan fingerprint density at radius 1 is 1.10 bits per heavy atom. The van der Waals surface area contributed by atoms with Gasteiger partial charge in [0.25, 0.3) is 0 Å². The summed E-state index contributed by atoms with van der Waals surface area (Å²) in [5.41, 5.74) is 0.224. The molecule has 0 amide bonds. The third-order valence-corrected chi connectivity index (χ3v) is 5.76. The van der Waals surface area contributed by atoms with Crippen LogP contribution in [0.25, 0.3) is 0 Å². The molecular weight excluding hydrogens is 318 g/mol. The monoisotopic (exact) mass is 345 g/mol. The van der Waals surface area contributed by atoms with Crippen LogP contribution in [0.4, 0.5) is 0 Å². The maximum absolute atomic E-state index is 6.46. The molecule has 2 atom stereocenters. The lowest BCUT2D eigenvalue weighted by molar-refractivity contribution is -0.137. The number of morpholine rings is 1. The average Bonchev–Trinajstić information content (AvgIpc) is 2.98. The standard InChI is InChI=1S/C16H28BrNO2/c1-15(2)12-18(11-14(9-17)19-15)10-13-5-8-16(20-13)6-3-4-7-16/h13-14H,3-12H2,1-2H3. The Balaban J connectivity index is 1.55. The molecule has 3 fully saturated rings. The van der Waals surface area contributed by atoms with Gasteiger partial charge in [0.05, 0.1) is 23.4 Å². The van der Waals surface area contributed by atoms with Crippen LogP contribution >= 0.6 is 15.9 Å². The first kappa shape index (κ1) is 15.3. The van der Waals surface area contributed by atoms with Crippen molar-refractivity contribution < 1.29 is 9.47 Å². The summed E-state index contributed by atoms with van der Waals surface area (Å²) in [4.78, 5) is 2.55. The van der Waals surface area contributed by atoms with Crippen LogP contribution in [0.3, 0.4) is 0 Å². The van der Waals surface area contributed by atoms with Gasteiger partial charge in [-0.15, -0.1) is 0 Å². The van der Waals surface area contributed by atoms with Crippen molar-refractivity contribution in [3.63, 3.8) is 0 Å². The number of rotatable bonds is 3. The van der Waals surface area contributed by atoms with E-state index in [9.17, 15) is 0 Å². The van der Waals surface area contributed by atoms with Crippen LogP contribution in [-0.2, 0) is 9.47 Å². The SMILES string of the molecule is CC1(C)CN(CC2CCC3(CCCC3)O2)CC(CBr)O1. The van der Waals surface area contributed by atoms with Crippen molar-refractivity contribution in [2.24, 2.45) is 0 Å². The Morgan fingerprint density at radius 2 is 1.85 bits per heavy atom. The fourth-order valence-electron chi connectivity index (χ4n) is 4.34. The van der Waals surface area contributed by atoms with E-state index in [0.29, 0.717) is 12.2 Å². The van der Waals surface area contributed by atoms with Gasteiger partial charge in [0, 0.05) is 25.0 Å². The number of halogens is 1. The second-order valence-corrected chi connectivity index (χ2v) is 8.16. The summed E-state index contributed by atoms with van der Waals surface area (Å²) in [5, 5.41) is 0.919. The van der Waals surface area contributed by atoms with Crippen LogP contribution < -0.4 is 0 Å². The predicted octanol–water partition coefficient (Wildman–Crippen LogP) is 3.35. The number of ether oxygens (including phenoxy) is 2. The van der Waals surface area contributed by atoms with Gasteiger partial charge in [0.1, 0.15) is 0 Å². The molecule has 2 saturated heterocycles. The highest BCUT2D eigenvalue weighted by Gasteiger charge is 2.43. The van der Waals surface area contributed by atoms with Gasteiger partial charge in [-0.25, -0.2) is 0 Å². The van der Waals surface area contributed by atoms with E-state index < -0.39 is 0 Å². The van der Waals surface area contributed by atoms with Crippen LogP contribution in [-0.4, -0.2) is 53.3 Å². The lowest BCUT2D eigenvalue weighted by Gasteiger charge is -2.43. The molecule has 3 rings (SSSR count). The Kier molecular flexibility index (Phi) is 4.48. The van der Waals surface area contributed by atoms with E-state index in [1.165, 1.54) is 38.5 Å². The largest absolute Gasteiger partial charge is 0.370 e. The lowest BCUT2D eigenvalue weighted by Crippen LogP contribution is -2.54. The first-order chi connectivity index (χ1) is 9.50. The molecule has 0 aromatic heterocycles. The van der Waals surface area contributed by atoms with Crippen molar-refractivity contribution in [1.29, 1.82) is 0 Å². The van der Waals surface area contributed by atoms with Crippen molar-refractivity contribution in [3.8, 4) is 0 Å². The highest BCUT2D eigenvalue weighted by atomic mass is 79.9. The van der Waals surface area contributed by atoms with Crippen LogP contribution in [0.2, 0.25) is 0 Å². The smallest absolute Gasteiger partial charge is 0.0806 e. The molecule has 3 aliphatic rings. The minimum absolute atomic E-state index is 0.0413. The summed E-state index contributed by atoms with van der Waals surface area (Å²) in [6.45, 7) is 7.52. The summed E-state index contributed by atoms with van der Waals surface area (Å²) in [6, 6.07) is 0. The van der Waals surface area contributed by atoms with Gasteiger partial charge >= 0.3 is 0 Å². The van der Waals surface area contributed by atoms with Gasteiger partial charge in [-0.05, 0) is 39.5 Å². The van der Waals surface area contributed by atoms with Crippen molar-refractivity contribution in [2.75, 3.05) is 25.0 Å². The minimum atomic E-state index is -0.0413. The Labute approximate surface area is 131 Å². The maximum atomic E-state index is 6.46. The molecule has 20 heavy (non-hydrogen) atoms. The molecule has 0 N–H and O–H groups in total. The summed E-state index contributed by atoms with van der Waals surface area (Å²) in [7, 11) is 0. The van der Waals surface area contributed by atoms with E-state index >= 15 is 0 Å². The summed E-state index contributed by atoms with van der Waals surface area (Å²) in [5.74, 6) is 0. The average molecular weight is 346 g/mol. The number of hydrogen-bond donors (Lipinski definition) is 0. The highest BCUT2D eigenvalue weighted by Crippen LogP contribution is 2.43. The van der Waals surface area contributed by atoms with Crippen LogP contribution in [0.5, 0.6) is 0 Å². The molecule has 2 unspecified atom stereocenters. The van der Waals surface area contributed by atoms with E-state index in [1.54, 1.807) is 0 Å². The number of hydrogen-bond acceptors (Lipinski definition) is 3. The van der Waals surface area contributed by atoms with Crippen molar-refractivity contribution in [3.05, 3.63) is 0 Å². The molecule has 0 aromatic rings. The van der Waals surface area contributed by atoms with E-state index in [0.717, 1.165) is 25.0 Å². The topological polar surface area (TPSA) is 21.7 Å². The van der Waals surface area contributed by atoms with E-state index in [-0.39, 0.29) is 11.2 Å². The van der Waals surface area contributed by atoms with Crippen LogP contribution in [0, 0.1) is 0 Å². The molecule has 4 heteroatoms. The second kappa shape index (κ2) is 5.86. The van der Waals surface area contributed by atoms with Gasteiger partial charge in [-0.3, -0.25) is 4.90 Å². The van der Waals surface area contributed by atoms with Gasteiger partial charge in [-0.1, -0.05) is 28.8 Å². The molecule has 2 aliphatic heterocycles. The van der Waals surface area contributed by atoms with Crippen LogP contribution in [0.15, 0.2) is 0 Å². The minimum Gasteiger partial charge on any atom is -0.370 e. The normalized spacial score (nSPS) is 36.8. The second-order valence-electron chi connectivity index (χ2n) is 7.52. The molecule has 1 saturated carbocycles. The molecule has 1 aliphatic carbocycles. The van der Waals surface area contributed by atoms with Crippen molar-refractivity contribution in [2.45, 2.75) is 75.8 Å². The Hall–Kier alpha value is 0.360. The molecule has 116 valence electrons.